The van der Waals surface area contributed by atoms with Crippen molar-refractivity contribution in [2.24, 2.45) is 0 Å². The van der Waals surface area contributed by atoms with Crippen molar-refractivity contribution in [2.75, 3.05) is 17.2 Å². The molecule has 1 aromatic carbocycles. The van der Waals surface area contributed by atoms with Crippen LogP contribution < -0.4 is 10.6 Å². The Morgan fingerprint density at radius 3 is 2.55 bits per heavy atom. The molecule has 5 nitrogen and oxygen atoms in total. The van der Waals surface area contributed by atoms with Crippen molar-refractivity contribution in [3.63, 3.8) is 0 Å². The molecule has 0 saturated carbocycles. The number of carbonyl (C=O) groups is 1. The molecule has 0 aliphatic carbocycles. The quantitative estimate of drug-likeness (QED) is 0.769. The van der Waals surface area contributed by atoms with Gasteiger partial charge in [-0.1, -0.05) is 12.1 Å². The molecule has 0 aliphatic rings. The largest absolute Gasteiger partial charge is 0.354 e. The Morgan fingerprint density at radius 1 is 1.18 bits per heavy atom. The topological polar surface area (TPSA) is 66.9 Å². The first-order chi connectivity index (χ1) is 10.5. The molecule has 0 atom stereocenters. The van der Waals surface area contributed by atoms with Crippen LogP contribution >= 0.6 is 15.9 Å². The first-order valence-electron chi connectivity index (χ1n) is 7.15. The van der Waals surface area contributed by atoms with Gasteiger partial charge in [0.1, 0.15) is 0 Å². The fraction of sp³-hybridized carbons (Fsp3) is 0.312. The number of aryl methyl sites for hydroxylation is 2. The second-order valence-corrected chi connectivity index (χ2v) is 5.89. The van der Waals surface area contributed by atoms with E-state index in [-0.39, 0.29) is 5.91 Å². The van der Waals surface area contributed by atoms with Gasteiger partial charge in [0.25, 0.3) is 0 Å². The lowest BCUT2D eigenvalue weighted by Gasteiger charge is -2.08. The summed E-state index contributed by atoms with van der Waals surface area (Å²) in [4.78, 5) is 20.5. The molecule has 22 heavy (non-hydrogen) atoms. The van der Waals surface area contributed by atoms with Crippen molar-refractivity contribution >= 4 is 33.5 Å². The third kappa shape index (κ3) is 5.11. The molecule has 2 rings (SSSR count). The highest BCUT2D eigenvalue weighted by molar-refractivity contribution is 9.10. The second kappa shape index (κ2) is 7.89. The van der Waals surface area contributed by atoms with E-state index < -0.39 is 0 Å². The molecule has 1 amide bonds. The van der Waals surface area contributed by atoms with E-state index in [9.17, 15) is 4.79 Å². The minimum absolute atomic E-state index is 0.00459. The summed E-state index contributed by atoms with van der Waals surface area (Å²) < 4.78 is 0.880. The fourth-order valence-electron chi connectivity index (χ4n) is 2.03. The maximum Gasteiger partial charge on any atom is 0.224 e. The van der Waals surface area contributed by atoms with Crippen LogP contribution in [0.3, 0.4) is 0 Å². The summed E-state index contributed by atoms with van der Waals surface area (Å²) in [6.07, 6.45) is 1.16. The Labute approximate surface area is 138 Å². The second-order valence-electron chi connectivity index (χ2n) is 5.03. The maximum absolute atomic E-state index is 11.9. The van der Waals surface area contributed by atoms with Crippen molar-refractivity contribution in [1.29, 1.82) is 0 Å². The molecule has 0 aliphatic heterocycles. The lowest BCUT2D eigenvalue weighted by atomic mass is 10.2. The normalized spacial score (nSPS) is 10.3. The number of hydrogen-bond acceptors (Lipinski definition) is 4. The Kier molecular flexibility index (Phi) is 5.89. The number of halogens is 1. The predicted molar refractivity (Wildman–Crippen MR) is 92.0 cm³/mol. The molecule has 1 heterocycles. The van der Waals surface area contributed by atoms with Crippen LogP contribution in [-0.4, -0.2) is 22.4 Å². The summed E-state index contributed by atoms with van der Waals surface area (Å²) in [5, 5.41) is 6.03. The Hall–Kier alpha value is -1.95. The number of hydrogen-bond donors (Lipinski definition) is 2. The Balaban J connectivity index is 1.74. The third-order valence-electron chi connectivity index (χ3n) is 2.99. The minimum atomic E-state index is -0.00459. The predicted octanol–water partition coefficient (Wildman–Crippen LogP) is 3.69. The van der Waals surface area contributed by atoms with Gasteiger partial charge in [-0.3, -0.25) is 4.79 Å². The van der Waals surface area contributed by atoms with Gasteiger partial charge in [-0.2, -0.15) is 0 Å². The zero-order valence-electron chi connectivity index (χ0n) is 12.7. The Bertz CT molecular complexity index is 640. The average Bonchev–Trinajstić information content (AvgIpc) is 2.45. The van der Waals surface area contributed by atoms with Gasteiger partial charge in [0.15, 0.2) is 0 Å². The van der Waals surface area contributed by atoms with Gasteiger partial charge in [-0.05, 0) is 54.4 Å². The lowest BCUT2D eigenvalue weighted by molar-refractivity contribution is -0.116. The first-order valence-corrected chi connectivity index (χ1v) is 7.94. The molecular formula is C16H19BrN4O. The number of carbonyl (C=O) groups excluding carboxylic acids is 1. The van der Waals surface area contributed by atoms with E-state index in [0.717, 1.165) is 21.5 Å². The van der Waals surface area contributed by atoms with Gasteiger partial charge >= 0.3 is 0 Å². The number of benzene rings is 1. The SMILES string of the molecule is Cc1cc(C)nc(NCCCC(=O)Nc2ccccc2Br)n1. The Morgan fingerprint density at radius 2 is 1.86 bits per heavy atom. The van der Waals surface area contributed by atoms with E-state index in [1.54, 1.807) is 0 Å². The maximum atomic E-state index is 11.9. The molecule has 6 heteroatoms. The van der Waals surface area contributed by atoms with Crippen LogP contribution in [-0.2, 0) is 4.79 Å². The van der Waals surface area contributed by atoms with E-state index in [0.29, 0.717) is 25.3 Å². The summed E-state index contributed by atoms with van der Waals surface area (Å²) in [5.74, 6) is 0.610. The fourth-order valence-corrected chi connectivity index (χ4v) is 2.41. The van der Waals surface area contributed by atoms with Crippen molar-refractivity contribution in [2.45, 2.75) is 26.7 Å². The smallest absolute Gasteiger partial charge is 0.224 e. The summed E-state index contributed by atoms with van der Waals surface area (Å²) in [5.41, 5.74) is 2.65. The van der Waals surface area contributed by atoms with Gasteiger partial charge < -0.3 is 10.6 Å². The van der Waals surface area contributed by atoms with E-state index >= 15 is 0 Å². The molecule has 0 radical (unpaired) electrons. The minimum Gasteiger partial charge on any atom is -0.354 e. The molecule has 0 saturated heterocycles. The summed E-state index contributed by atoms with van der Waals surface area (Å²) in [7, 11) is 0. The number of amides is 1. The van der Waals surface area contributed by atoms with Crippen molar-refractivity contribution in [3.05, 3.63) is 46.2 Å². The zero-order valence-corrected chi connectivity index (χ0v) is 14.3. The third-order valence-corrected chi connectivity index (χ3v) is 3.69. The van der Waals surface area contributed by atoms with Crippen LogP contribution in [0.1, 0.15) is 24.2 Å². The highest BCUT2D eigenvalue weighted by Gasteiger charge is 2.05. The van der Waals surface area contributed by atoms with Crippen LogP contribution in [0.5, 0.6) is 0 Å². The van der Waals surface area contributed by atoms with Crippen LogP contribution in [0.15, 0.2) is 34.8 Å². The number of anilines is 2. The number of para-hydroxylation sites is 1. The molecule has 116 valence electrons. The molecule has 2 N–H and O–H groups in total. The van der Waals surface area contributed by atoms with E-state index in [1.807, 2.05) is 44.2 Å². The highest BCUT2D eigenvalue weighted by Crippen LogP contribution is 2.21. The summed E-state index contributed by atoms with van der Waals surface area (Å²) in [6.45, 7) is 4.53. The van der Waals surface area contributed by atoms with Crippen molar-refractivity contribution < 1.29 is 4.79 Å². The van der Waals surface area contributed by atoms with Crippen LogP contribution in [0.2, 0.25) is 0 Å². The molecule has 0 spiro atoms. The van der Waals surface area contributed by atoms with E-state index in [1.165, 1.54) is 0 Å². The number of aromatic nitrogens is 2. The number of rotatable bonds is 6. The average molecular weight is 363 g/mol. The van der Waals surface area contributed by atoms with Crippen LogP contribution in [0.4, 0.5) is 11.6 Å². The molecule has 0 fully saturated rings. The highest BCUT2D eigenvalue weighted by atomic mass is 79.9. The molecule has 1 aromatic heterocycles. The lowest BCUT2D eigenvalue weighted by Crippen LogP contribution is -2.14. The molecule has 0 unspecified atom stereocenters. The van der Waals surface area contributed by atoms with E-state index in [2.05, 4.69) is 36.5 Å². The molecular weight excluding hydrogens is 344 g/mol. The van der Waals surface area contributed by atoms with Gasteiger partial charge in [0.2, 0.25) is 11.9 Å². The van der Waals surface area contributed by atoms with Crippen LogP contribution in [0.25, 0.3) is 0 Å². The van der Waals surface area contributed by atoms with Gasteiger partial charge in [0.05, 0.1) is 5.69 Å². The monoisotopic (exact) mass is 362 g/mol. The standard InChI is InChI=1S/C16H19BrN4O/c1-11-10-12(2)20-16(19-11)18-9-5-8-15(22)21-14-7-4-3-6-13(14)17/h3-4,6-7,10H,5,8-9H2,1-2H3,(H,21,22)(H,18,19,20). The van der Waals surface area contributed by atoms with Gasteiger partial charge in [-0.15, -0.1) is 0 Å². The summed E-state index contributed by atoms with van der Waals surface area (Å²) in [6, 6.07) is 9.49. The van der Waals surface area contributed by atoms with Crippen molar-refractivity contribution in [1.82, 2.24) is 9.97 Å². The number of nitrogens with one attached hydrogen (secondary N) is 2. The van der Waals surface area contributed by atoms with E-state index in [4.69, 9.17) is 0 Å². The van der Waals surface area contributed by atoms with Gasteiger partial charge in [0, 0.05) is 28.8 Å². The van der Waals surface area contributed by atoms with Crippen molar-refractivity contribution in [3.8, 4) is 0 Å². The summed E-state index contributed by atoms with van der Waals surface area (Å²) >= 11 is 3.41. The first kappa shape index (κ1) is 16.4. The van der Waals surface area contributed by atoms with Crippen LogP contribution in [0, 0.1) is 13.8 Å². The zero-order chi connectivity index (χ0) is 15.9. The molecule has 0 bridgehead atoms. The van der Waals surface area contributed by atoms with Gasteiger partial charge in [-0.25, -0.2) is 9.97 Å². The number of nitrogens with zero attached hydrogens (tertiary/aromatic N) is 2. The molecule has 2 aromatic rings.